The highest BCUT2D eigenvalue weighted by Gasteiger charge is 2.32. The molecule has 5 nitrogen and oxygen atoms in total. The lowest BCUT2D eigenvalue weighted by Crippen LogP contribution is -2.31. The molecule has 1 aliphatic rings. The molecule has 2 aromatic heterocycles. The molecule has 0 aromatic carbocycles. The maximum absolute atomic E-state index is 12.5. The Kier molecular flexibility index (Phi) is 5.37. The summed E-state index contributed by atoms with van der Waals surface area (Å²) in [4.78, 5) is 7.60. The fourth-order valence-corrected chi connectivity index (χ4v) is 2.76. The number of pyridine rings is 2. The van der Waals surface area contributed by atoms with Gasteiger partial charge in [-0.2, -0.15) is 13.2 Å². The van der Waals surface area contributed by atoms with Gasteiger partial charge in [-0.3, -0.25) is 4.98 Å². The van der Waals surface area contributed by atoms with E-state index in [4.69, 9.17) is 0 Å². The number of hydrogen-bond acceptors (Lipinski definition) is 5. The number of nitrogens with one attached hydrogen (secondary N) is 3. The summed E-state index contributed by atoms with van der Waals surface area (Å²) in [6.45, 7) is 2.98. The standard InChI is InChI=1S/C17H20F3N5/c18-17(19,20)16-2-1-13(11-24-16)25-15-7-14(9-22-10-15)23-8-12-3-5-21-6-4-12/h1-2,7,9-12,21,23,25H,3-6,8H2. The number of aromatic nitrogens is 2. The molecule has 0 atom stereocenters. The van der Waals surface area contributed by atoms with Crippen molar-refractivity contribution in [2.45, 2.75) is 19.0 Å². The average Bonchev–Trinajstić information content (AvgIpc) is 2.61. The van der Waals surface area contributed by atoms with Crippen molar-refractivity contribution in [1.82, 2.24) is 15.3 Å². The summed E-state index contributed by atoms with van der Waals surface area (Å²) >= 11 is 0. The summed E-state index contributed by atoms with van der Waals surface area (Å²) in [7, 11) is 0. The fourth-order valence-electron chi connectivity index (χ4n) is 2.76. The first kappa shape index (κ1) is 17.5. The third-order valence-electron chi connectivity index (χ3n) is 4.13. The summed E-state index contributed by atoms with van der Waals surface area (Å²) in [6, 6.07) is 4.19. The third-order valence-corrected chi connectivity index (χ3v) is 4.13. The van der Waals surface area contributed by atoms with Gasteiger partial charge in [-0.25, -0.2) is 4.98 Å². The van der Waals surface area contributed by atoms with Crippen LogP contribution in [0, 0.1) is 5.92 Å². The van der Waals surface area contributed by atoms with Gasteiger partial charge in [-0.05, 0) is 50.0 Å². The molecular weight excluding hydrogens is 331 g/mol. The molecular formula is C17H20F3N5. The van der Waals surface area contributed by atoms with E-state index in [1.54, 1.807) is 12.4 Å². The molecule has 0 radical (unpaired) electrons. The molecule has 25 heavy (non-hydrogen) atoms. The zero-order valence-corrected chi connectivity index (χ0v) is 13.6. The Morgan fingerprint density at radius 2 is 1.80 bits per heavy atom. The number of nitrogens with zero attached hydrogens (tertiary/aromatic N) is 2. The monoisotopic (exact) mass is 351 g/mol. The second-order valence-electron chi connectivity index (χ2n) is 6.09. The van der Waals surface area contributed by atoms with Crippen molar-refractivity contribution in [2.75, 3.05) is 30.3 Å². The van der Waals surface area contributed by atoms with Gasteiger partial charge >= 0.3 is 6.18 Å². The van der Waals surface area contributed by atoms with E-state index < -0.39 is 11.9 Å². The minimum atomic E-state index is -4.43. The summed E-state index contributed by atoms with van der Waals surface area (Å²) in [5.74, 6) is 0.636. The molecule has 3 N–H and O–H groups in total. The summed E-state index contributed by atoms with van der Waals surface area (Å²) in [5, 5.41) is 9.73. The zero-order chi connectivity index (χ0) is 17.7. The Hall–Kier alpha value is -2.35. The van der Waals surface area contributed by atoms with Gasteiger partial charge in [0.1, 0.15) is 5.69 Å². The molecule has 3 rings (SSSR count). The Morgan fingerprint density at radius 3 is 2.48 bits per heavy atom. The van der Waals surface area contributed by atoms with Crippen LogP contribution in [-0.2, 0) is 6.18 Å². The van der Waals surface area contributed by atoms with Crippen LogP contribution in [0.15, 0.2) is 36.8 Å². The van der Waals surface area contributed by atoms with Crippen LogP contribution in [0.5, 0.6) is 0 Å². The third kappa shape index (κ3) is 5.06. The maximum Gasteiger partial charge on any atom is 0.433 e. The summed E-state index contributed by atoms with van der Waals surface area (Å²) in [5.41, 5.74) is 1.14. The molecule has 1 saturated heterocycles. The molecule has 134 valence electrons. The summed E-state index contributed by atoms with van der Waals surface area (Å²) < 4.78 is 37.6. The molecule has 8 heteroatoms. The smallest absolute Gasteiger partial charge is 0.383 e. The van der Waals surface area contributed by atoms with E-state index in [0.29, 0.717) is 17.3 Å². The first-order valence-electron chi connectivity index (χ1n) is 8.20. The SMILES string of the molecule is FC(F)(F)c1ccc(Nc2cncc(NCC3CCNCC3)c2)cn1. The molecule has 0 unspecified atom stereocenters. The number of hydrogen-bond donors (Lipinski definition) is 3. The van der Waals surface area contributed by atoms with Crippen LogP contribution in [0.3, 0.4) is 0 Å². The molecule has 0 aliphatic carbocycles. The van der Waals surface area contributed by atoms with E-state index in [-0.39, 0.29) is 0 Å². The molecule has 1 fully saturated rings. The van der Waals surface area contributed by atoms with Crippen molar-refractivity contribution < 1.29 is 13.2 Å². The summed E-state index contributed by atoms with van der Waals surface area (Å²) in [6.07, 6.45) is 2.38. The molecule has 0 bridgehead atoms. The molecule has 0 spiro atoms. The topological polar surface area (TPSA) is 61.9 Å². The average molecular weight is 351 g/mol. The molecule has 2 aromatic rings. The van der Waals surface area contributed by atoms with Crippen LogP contribution in [0.1, 0.15) is 18.5 Å². The largest absolute Gasteiger partial charge is 0.433 e. The van der Waals surface area contributed by atoms with Crippen LogP contribution in [0.25, 0.3) is 0 Å². The van der Waals surface area contributed by atoms with Crippen LogP contribution in [0.2, 0.25) is 0 Å². The van der Waals surface area contributed by atoms with Gasteiger partial charge in [-0.15, -0.1) is 0 Å². The van der Waals surface area contributed by atoms with E-state index >= 15 is 0 Å². The van der Waals surface area contributed by atoms with Crippen LogP contribution in [-0.4, -0.2) is 29.6 Å². The van der Waals surface area contributed by atoms with Gasteiger partial charge in [0.15, 0.2) is 0 Å². The van der Waals surface area contributed by atoms with Gasteiger partial charge in [0.25, 0.3) is 0 Å². The van der Waals surface area contributed by atoms with Crippen molar-refractivity contribution in [3.63, 3.8) is 0 Å². The Balaban J connectivity index is 1.59. The quantitative estimate of drug-likeness (QED) is 0.768. The maximum atomic E-state index is 12.5. The lowest BCUT2D eigenvalue weighted by molar-refractivity contribution is -0.141. The zero-order valence-electron chi connectivity index (χ0n) is 13.6. The molecule has 1 aliphatic heterocycles. The van der Waals surface area contributed by atoms with Gasteiger partial charge in [0, 0.05) is 6.54 Å². The van der Waals surface area contributed by atoms with Crippen LogP contribution in [0.4, 0.5) is 30.2 Å². The Labute approximate surface area is 144 Å². The van der Waals surface area contributed by atoms with E-state index in [2.05, 4.69) is 25.9 Å². The predicted octanol–water partition coefficient (Wildman–Crippen LogP) is 3.65. The highest BCUT2D eigenvalue weighted by Crippen LogP contribution is 2.28. The van der Waals surface area contributed by atoms with Crippen LogP contribution < -0.4 is 16.0 Å². The van der Waals surface area contributed by atoms with Crippen molar-refractivity contribution >= 4 is 17.1 Å². The minimum Gasteiger partial charge on any atom is -0.383 e. The minimum absolute atomic E-state index is 0.477. The number of halogens is 3. The van der Waals surface area contributed by atoms with E-state index in [1.165, 1.54) is 6.07 Å². The van der Waals surface area contributed by atoms with Gasteiger partial charge in [0.2, 0.25) is 0 Å². The number of alkyl halides is 3. The molecule has 0 saturated carbocycles. The Bertz CT molecular complexity index is 681. The predicted molar refractivity (Wildman–Crippen MR) is 90.8 cm³/mol. The van der Waals surface area contributed by atoms with Crippen molar-refractivity contribution in [1.29, 1.82) is 0 Å². The van der Waals surface area contributed by atoms with Crippen molar-refractivity contribution in [3.05, 3.63) is 42.5 Å². The Morgan fingerprint density at radius 1 is 1.04 bits per heavy atom. The number of anilines is 3. The lowest BCUT2D eigenvalue weighted by Gasteiger charge is -2.23. The van der Waals surface area contributed by atoms with Crippen molar-refractivity contribution in [2.24, 2.45) is 5.92 Å². The number of piperidine rings is 1. The van der Waals surface area contributed by atoms with E-state index in [9.17, 15) is 13.2 Å². The second-order valence-corrected chi connectivity index (χ2v) is 6.09. The highest BCUT2D eigenvalue weighted by atomic mass is 19.4. The van der Waals surface area contributed by atoms with E-state index in [0.717, 1.165) is 50.4 Å². The molecule has 0 amide bonds. The second kappa shape index (κ2) is 7.69. The normalized spacial score (nSPS) is 15.8. The van der Waals surface area contributed by atoms with Gasteiger partial charge in [0.05, 0.1) is 35.7 Å². The van der Waals surface area contributed by atoms with Gasteiger partial charge < -0.3 is 16.0 Å². The van der Waals surface area contributed by atoms with Crippen LogP contribution >= 0.6 is 0 Å². The van der Waals surface area contributed by atoms with E-state index in [1.807, 2.05) is 6.07 Å². The first-order valence-corrected chi connectivity index (χ1v) is 8.20. The fraction of sp³-hybridized carbons (Fsp3) is 0.412. The van der Waals surface area contributed by atoms with Gasteiger partial charge in [-0.1, -0.05) is 0 Å². The highest BCUT2D eigenvalue weighted by molar-refractivity contribution is 5.62. The molecule has 3 heterocycles. The first-order chi connectivity index (χ1) is 12.0. The number of rotatable bonds is 5. The lowest BCUT2D eigenvalue weighted by atomic mass is 9.98. The van der Waals surface area contributed by atoms with Crippen molar-refractivity contribution in [3.8, 4) is 0 Å².